The van der Waals surface area contributed by atoms with E-state index in [9.17, 15) is 9.18 Å². The van der Waals surface area contributed by atoms with E-state index >= 15 is 0 Å². The van der Waals surface area contributed by atoms with E-state index in [1.165, 1.54) is 12.1 Å². The minimum absolute atomic E-state index is 0.0652. The van der Waals surface area contributed by atoms with Crippen LogP contribution in [0.1, 0.15) is 5.56 Å². The second-order valence-corrected chi connectivity index (χ2v) is 3.46. The van der Waals surface area contributed by atoms with Crippen molar-refractivity contribution in [1.29, 1.82) is 0 Å². The maximum atomic E-state index is 12.8. The molecule has 82 valence electrons. The number of hydrogen-bond acceptors (Lipinski definition) is 2. The van der Waals surface area contributed by atoms with Gasteiger partial charge in [-0.15, -0.1) is 0 Å². The third-order valence-corrected chi connectivity index (χ3v) is 2.10. The Bertz CT molecular complexity index is 357. The van der Waals surface area contributed by atoms with Gasteiger partial charge in [-0.2, -0.15) is 0 Å². The van der Waals surface area contributed by atoms with E-state index in [2.05, 4.69) is 10.6 Å². The zero-order valence-electron chi connectivity index (χ0n) is 8.31. The average Bonchev–Trinajstić information content (AvgIpc) is 2.20. The lowest BCUT2D eigenvalue weighted by Gasteiger charge is -2.05. The van der Waals surface area contributed by atoms with Crippen LogP contribution in [-0.4, -0.2) is 19.5 Å². The monoisotopic (exact) mass is 230 g/mol. The second-order valence-electron chi connectivity index (χ2n) is 3.06. The van der Waals surface area contributed by atoms with Crippen molar-refractivity contribution in [2.75, 3.05) is 13.6 Å². The third kappa shape index (κ3) is 3.85. The lowest BCUT2D eigenvalue weighted by atomic mass is 10.2. The maximum absolute atomic E-state index is 12.8. The van der Waals surface area contributed by atoms with Crippen LogP contribution in [0.5, 0.6) is 0 Å². The summed E-state index contributed by atoms with van der Waals surface area (Å²) in [4.78, 5) is 11.1. The van der Waals surface area contributed by atoms with Crippen LogP contribution in [0.3, 0.4) is 0 Å². The second kappa shape index (κ2) is 5.68. The molecule has 0 heterocycles. The fourth-order valence-corrected chi connectivity index (χ4v) is 1.28. The molecule has 15 heavy (non-hydrogen) atoms. The number of nitrogens with one attached hydrogen (secondary N) is 2. The Morgan fingerprint density at radius 3 is 2.87 bits per heavy atom. The highest BCUT2D eigenvalue weighted by Gasteiger charge is 2.02. The highest BCUT2D eigenvalue weighted by molar-refractivity contribution is 6.30. The molecule has 1 aromatic carbocycles. The van der Waals surface area contributed by atoms with Gasteiger partial charge in [0.1, 0.15) is 5.82 Å². The molecule has 0 aliphatic heterocycles. The van der Waals surface area contributed by atoms with Crippen LogP contribution in [0.15, 0.2) is 18.2 Å². The van der Waals surface area contributed by atoms with Crippen molar-refractivity contribution >= 4 is 17.5 Å². The standard InChI is InChI=1S/C10H12ClFN2O/c1-13-6-10(15)14-5-7-2-3-9(12)8(11)4-7/h2-4,13H,5-6H2,1H3,(H,14,15). The van der Waals surface area contributed by atoms with E-state index < -0.39 is 5.82 Å². The number of likely N-dealkylation sites (N-methyl/N-ethyl adjacent to an activating group) is 1. The zero-order valence-corrected chi connectivity index (χ0v) is 9.07. The van der Waals surface area contributed by atoms with Crippen molar-refractivity contribution in [3.8, 4) is 0 Å². The van der Waals surface area contributed by atoms with Crippen molar-refractivity contribution in [3.05, 3.63) is 34.6 Å². The van der Waals surface area contributed by atoms with Gasteiger partial charge < -0.3 is 10.6 Å². The number of carbonyl (C=O) groups excluding carboxylic acids is 1. The van der Waals surface area contributed by atoms with Gasteiger partial charge >= 0.3 is 0 Å². The van der Waals surface area contributed by atoms with Gasteiger partial charge in [0.25, 0.3) is 0 Å². The summed E-state index contributed by atoms with van der Waals surface area (Å²) in [5.74, 6) is -0.570. The van der Waals surface area contributed by atoms with E-state index in [0.717, 1.165) is 5.56 Å². The van der Waals surface area contributed by atoms with E-state index in [0.29, 0.717) is 6.54 Å². The summed E-state index contributed by atoms with van der Waals surface area (Å²) in [5, 5.41) is 5.46. The first-order valence-electron chi connectivity index (χ1n) is 4.48. The quantitative estimate of drug-likeness (QED) is 0.819. The van der Waals surface area contributed by atoms with E-state index in [-0.39, 0.29) is 17.5 Å². The highest BCUT2D eigenvalue weighted by Crippen LogP contribution is 2.15. The van der Waals surface area contributed by atoms with Crippen LogP contribution in [0.25, 0.3) is 0 Å². The van der Waals surface area contributed by atoms with Crippen LogP contribution in [0.4, 0.5) is 4.39 Å². The zero-order chi connectivity index (χ0) is 11.3. The molecule has 3 nitrogen and oxygen atoms in total. The maximum Gasteiger partial charge on any atom is 0.234 e. The summed E-state index contributed by atoms with van der Waals surface area (Å²) in [6.07, 6.45) is 0. The summed E-state index contributed by atoms with van der Waals surface area (Å²) in [6.45, 7) is 0.607. The molecule has 0 radical (unpaired) electrons. The fourth-order valence-electron chi connectivity index (χ4n) is 1.07. The van der Waals surface area contributed by atoms with Gasteiger partial charge in [-0.3, -0.25) is 4.79 Å². The van der Waals surface area contributed by atoms with Crippen LogP contribution in [0.2, 0.25) is 5.02 Å². The predicted molar refractivity (Wildman–Crippen MR) is 57.2 cm³/mol. The van der Waals surface area contributed by atoms with E-state index in [1.807, 2.05) is 0 Å². The molecule has 0 saturated heterocycles. The summed E-state index contributed by atoms with van der Waals surface area (Å²) in [6, 6.07) is 4.36. The largest absolute Gasteiger partial charge is 0.351 e. The molecule has 0 aliphatic carbocycles. The molecule has 0 fully saturated rings. The molecule has 0 aliphatic rings. The predicted octanol–water partition coefficient (Wildman–Crippen LogP) is 1.31. The first-order valence-corrected chi connectivity index (χ1v) is 4.86. The molecular formula is C10H12ClFN2O. The normalized spacial score (nSPS) is 10.1. The highest BCUT2D eigenvalue weighted by atomic mass is 35.5. The van der Waals surface area contributed by atoms with Crippen LogP contribution < -0.4 is 10.6 Å². The molecule has 1 aromatic rings. The SMILES string of the molecule is CNCC(=O)NCc1ccc(F)c(Cl)c1. The van der Waals surface area contributed by atoms with Crippen molar-refractivity contribution < 1.29 is 9.18 Å². The Hall–Kier alpha value is -1.13. The number of hydrogen-bond donors (Lipinski definition) is 2. The number of amides is 1. The first kappa shape index (κ1) is 11.9. The van der Waals surface area contributed by atoms with Crippen LogP contribution >= 0.6 is 11.6 Å². The summed E-state index contributed by atoms with van der Waals surface area (Å²) < 4.78 is 12.8. The van der Waals surface area contributed by atoms with Gasteiger partial charge in [-0.1, -0.05) is 17.7 Å². The number of benzene rings is 1. The fraction of sp³-hybridized carbons (Fsp3) is 0.300. The molecule has 1 rings (SSSR count). The van der Waals surface area contributed by atoms with Crippen molar-refractivity contribution in [1.82, 2.24) is 10.6 Å². The van der Waals surface area contributed by atoms with Gasteiger partial charge in [-0.25, -0.2) is 4.39 Å². The smallest absolute Gasteiger partial charge is 0.234 e. The minimum atomic E-state index is -0.457. The minimum Gasteiger partial charge on any atom is -0.351 e. The molecule has 0 saturated carbocycles. The van der Waals surface area contributed by atoms with Gasteiger partial charge in [0, 0.05) is 6.54 Å². The Morgan fingerprint density at radius 1 is 1.53 bits per heavy atom. The topological polar surface area (TPSA) is 41.1 Å². The summed E-state index contributed by atoms with van der Waals surface area (Å²) in [7, 11) is 1.69. The summed E-state index contributed by atoms with van der Waals surface area (Å²) >= 11 is 5.59. The van der Waals surface area contributed by atoms with Gasteiger partial charge in [0.05, 0.1) is 11.6 Å². The number of rotatable bonds is 4. The number of carbonyl (C=O) groups is 1. The first-order chi connectivity index (χ1) is 7.13. The van der Waals surface area contributed by atoms with Gasteiger partial charge in [-0.05, 0) is 24.7 Å². The van der Waals surface area contributed by atoms with Crippen molar-refractivity contribution in [2.24, 2.45) is 0 Å². The van der Waals surface area contributed by atoms with Gasteiger partial charge in [0.15, 0.2) is 0 Å². The number of halogens is 2. The molecule has 1 amide bonds. The summed E-state index contributed by atoms with van der Waals surface area (Å²) in [5.41, 5.74) is 0.769. The third-order valence-electron chi connectivity index (χ3n) is 1.81. The van der Waals surface area contributed by atoms with Gasteiger partial charge in [0.2, 0.25) is 5.91 Å². The molecule has 0 aromatic heterocycles. The van der Waals surface area contributed by atoms with Crippen molar-refractivity contribution in [2.45, 2.75) is 6.54 Å². The molecule has 5 heteroatoms. The Morgan fingerprint density at radius 2 is 2.27 bits per heavy atom. The van der Waals surface area contributed by atoms with E-state index in [1.54, 1.807) is 13.1 Å². The Balaban J connectivity index is 2.51. The van der Waals surface area contributed by atoms with E-state index in [4.69, 9.17) is 11.6 Å². The molecule has 0 spiro atoms. The lowest BCUT2D eigenvalue weighted by Crippen LogP contribution is -2.31. The molecule has 2 N–H and O–H groups in total. The molecular weight excluding hydrogens is 219 g/mol. The molecule has 0 unspecified atom stereocenters. The Labute approximate surface area is 92.6 Å². The average molecular weight is 231 g/mol. The molecule has 0 bridgehead atoms. The Kier molecular flexibility index (Phi) is 4.52. The van der Waals surface area contributed by atoms with Crippen molar-refractivity contribution in [3.63, 3.8) is 0 Å². The van der Waals surface area contributed by atoms with Crippen LogP contribution in [-0.2, 0) is 11.3 Å². The molecule has 0 atom stereocenters. The van der Waals surface area contributed by atoms with Crippen LogP contribution in [0, 0.1) is 5.82 Å². The lowest BCUT2D eigenvalue weighted by molar-refractivity contribution is -0.120.